The lowest BCUT2D eigenvalue weighted by molar-refractivity contribution is 0.00268. The average Bonchev–Trinajstić information content (AvgIpc) is 2.38. The smallest absolute Gasteiger partial charge is 0.0653 e. The Balaban J connectivity index is 2.20. The van der Waals surface area contributed by atoms with Crippen LogP contribution in [0.15, 0.2) is 12.2 Å². The van der Waals surface area contributed by atoms with Crippen molar-refractivity contribution in [3.05, 3.63) is 12.2 Å². The Hall–Kier alpha value is -0.300. The summed E-state index contributed by atoms with van der Waals surface area (Å²) in [5.41, 5.74) is 0.969. The van der Waals surface area contributed by atoms with Crippen LogP contribution >= 0.6 is 0 Å². The number of fused-ring (bicyclic) bond motifs is 1. The van der Waals surface area contributed by atoms with Gasteiger partial charge in [-0.2, -0.15) is 0 Å². The fourth-order valence-corrected chi connectivity index (χ4v) is 3.78. The number of allylic oxidation sites excluding steroid dienone is 1. The molecule has 0 radical (unpaired) electrons. The molecule has 0 saturated heterocycles. The van der Waals surface area contributed by atoms with Crippen LogP contribution < -0.4 is 0 Å². The zero-order chi connectivity index (χ0) is 11.9. The Morgan fingerprint density at radius 1 is 1.38 bits per heavy atom. The minimum absolute atomic E-state index is 0.439. The van der Waals surface area contributed by atoms with Crippen LogP contribution in [0.3, 0.4) is 0 Å². The highest BCUT2D eigenvalue weighted by atomic mass is 16.3. The predicted octanol–water partition coefficient (Wildman–Crippen LogP) is 3.78. The molecule has 0 aromatic heterocycles. The van der Waals surface area contributed by atoms with E-state index in [-0.39, 0.29) is 0 Å². The summed E-state index contributed by atoms with van der Waals surface area (Å²) in [6.45, 7) is 10.9. The largest absolute Gasteiger partial charge is 0.390 e. The maximum atomic E-state index is 10.5. The molecule has 92 valence electrons. The van der Waals surface area contributed by atoms with Crippen LogP contribution in [-0.4, -0.2) is 10.7 Å². The fourth-order valence-electron chi connectivity index (χ4n) is 3.78. The van der Waals surface area contributed by atoms with Gasteiger partial charge in [0, 0.05) is 0 Å². The standard InChI is InChI=1S/C15H26O/c1-10(2)12-6-5-11(3)13-7-8-15(4,16)14(13)9-12/h10,12-14,16H,3,5-9H2,1-2,4H3/t12-,13+,14-,15+/m1/s1. The lowest BCUT2D eigenvalue weighted by Gasteiger charge is -2.31. The molecule has 2 fully saturated rings. The quantitative estimate of drug-likeness (QED) is 0.669. The molecular weight excluding hydrogens is 196 g/mol. The van der Waals surface area contributed by atoms with Gasteiger partial charge in [-0.1, -0.05) is 26.0 Å². The van der Waals surface area contributed by atoms with Gasteiger partial charge in [-0.3, -0.25) is 0 Å². The molecule has 1 N–H and O–H groups in total. The van der Waals surface area contributed by atoms with Crippen molar-refractivity contribution in [3.8, 4) is 0 Å². The molecule has 2 aliphatic carbocycles. The van der Waals surface area contributed by atoms with Gasteiger partial charge >= 0.3 is 0 Å². The second kappa shape index (κ2) is 4.18. The van der Waals surface area contributed by atoms with Gasteiger partial charge in [-0.25, -0.2) is 0 Å². The first-order valence-electron chi connectivity index (χ1n) is 6.82. The van der Waals surface area contributed by atoms with Gasteiger partial charge in [0.2, 0.25) is 0 Å². The summed E-state index contributed by atoms with van der Waals surface area (Å²) in [7, 11) is 0. The predicted molar refractivity (Wildman–Crippen MR) is 68.2 cm³/mol. The van der Waals surface area contributed by atoms with Crippen LogP contribution in [-0.2, 0) is 0 Å². The Morgan fingerprint density at radius 2 is 2.06 bits per heavy atom. The Morgan fingerprint density at radius 3 is 2.69 bits per heavy atom. The van der Waals surface area contributed by atoms with Crippen LogP contribution in [0.5, 0.6) is 0 Å². The third kappa shape index (κ3) is 2.07. The average molecular weight is 222 g/mol. The van der Waals surface area contributed by atoms with Crippen molar-refractivity contribution in [2.45, 2.75) is 58.5 Å². The van der Waals surface area contributed by atoms with Gasteiger partial charge < -0.3 is 5.11 Å². The van der Waals surface area contributed by atoms with Crippen molar-refractivity contribution in [1.29, 1.82) is 0 Å². The van der Waals surface area contributed by atoms with Gasteiger partial charge in [0.05, 0.1) is 5.60 Å². The molecule has 1 nitrogen and oxygen atoms in total. The highest BCUT2D eigenvalue weighted by molar-refractivity contribution is 5.12. The van der Waals surface area contributed by atoms with Crippen LogP contribution in [0.25, 0.3) is 0 Å². The maximum Gasteiger partial charge on any atom is 0.0653 e. The minimum atomic E-state index is -0.439. The van der Waals surface area contributed by atoms with E-state index in [9.17, 15) is 5.11 Å². The third-order valence-corrected chi connectivity index (χ3v) is 5.11. The van der Waals surface area contributed by atoms with Crippen molar-refractivity contribution < 1.29 is 5.11 Å². The first-order valence-corrected chi connectivity index (χ1v) is 6.82. The van der Waals surface area contributed by atoms with E-state index in [1.54, 1.807) is 0 Å². The third-order valence-electron chi connectivity index (χ3n) is 5.11. The van der Waals surface area contributed by atoms with Gasteiger partial charge in [0.25, 0.3) is 0 Å². The van der Waals surface area contributed by atoms with E-state index < -0.39 is 5.60 Å². The number of hydrogen-bond donors (Lipinski definition) is 1. The van der Waals surface area contributed by atoms with Crippen molar-refractivity contribution >= 4 is 0 Å². The molecule has 2 aliphatic rings. The van der Waals surface area contributed by atoms with Crippen LogP contribution in [0.4, 0.5) is 0 Å². The monoisotopic (exact) mass is 222 g/mol. The number of aliphatic hydroxyl groups is 1. The molecule has 2 rings (SSSR count). The molecule has 0 spiro atoms. The van der Waals surface area contributed by atoms with E-state index in [0.29, 0.717) is 11.8 Å². The molecule has 0 unspecified atom stereocenters. The van der Waals surface area contributed by atoms with E-state index in [2.05, 4.69) is 20.4 Å². The minimum Gasteiger partial charge on any atom is -0.390 e. The van der Waals surface area contributed by atoms with Crippen molar-refractivity contribution in [2.75, 3.05) is 0 Å². The van der Waals surface area contributed by atoms with Crippen LogP contribution in [0.2, 0.25) is 0 Å². The highest BCUT2D eigenvalue weighted by Crippen LogP contribution is 2.50. The molecule has 0 bridgehead atoms. The summed E-state index contributed by atoms with van der Waals surface area (Å²) < 4.78 is 0. The topological polar surface area (TPSA) is 20.2 Å². The van der Waals surface area contributed by atoms with E-state index in [1.165, 1.54) is 24.8 Å². The maximum absolute atomic E-state index is 10.5. The Bertz CT molecular complexity index is 277. The molecule has 1 heteroatoms. The van der Waals surface area contributed by atoms with E-state index in [1.807, 2.05) is 6.92 Å². The zero-order valence-corrected chi connectivity index (χ0v) is 11.0. The van der Waals surface area contributed by atoms with E-state index >= 15 is 0 Å². The van der Waals surface area contributed by atoms with Crippen molar-refractivity contribution in [1.82, 2.24) is 0 Å². The van der Waals surface area contributed by atoms with Crippen LogP contribution in [0.1, 0.15) is 52.9 Å². The van der Waals surface area contributed by atoms with Gasteiger partial charge in [0.15, 0.2) is 0 Å². The number of rotatable bonds is 1. The summed E-state index contributed by atoms with van der Waals surface area (Å²) in [4.78, 5) is 0. The molecule has 0 aromatic carbocycles. The summed E-state index contributed by atoms with van der Waals surface area (Å²) >= 11 is 0. The lowest BCUT2D eigenvalue weighted by Crippen LogP contribution is -2.33. The fraction of sp³-hybridized carbons (Fsp3) is 0.867. The first-order chi connectivity index (χ1) is 7.42. The second-order valence-electron chi connectivity index (χ2n) is 6.55. The Labute approximate surface area is 99.9 Å². The summed E-state index contributed by atoms with van der Waals surface area (Å²) in [6.07, 6.45) is 5.78. The van der Waals surface area contributed by atoms with Gasteiger partial charge in [-0.15, -0.1) is 0 Å². The Kier molecular flexibility index (Phi) is 3.18. The molecular formula is C15H26O. The first kappa shape index (κ1) is 12.2. The molecule has 2 saturated carbocycles. The van der Waals surface area contributed by atoms with E-state index in [0.717, 1.165) is 24.7 Å². The molecule has 4 atom stereocenters. The second-order valence-corrected chi connectivity index (χ2v) is 6.55. The van der Waals surface area contributed by atoms with Crippen LogP contribution in [0, 0.1) is 23.7 Å². The molecule has 0 amide bonds. The number of hydrogen-bond acceptors (Lipinski definition) is 1. The lowest BCUT2D eigenvalue weighted by atomic mass is 9.77. The van der Waals surface area contributed by atoms with Gasteiger partial charge in [-0.05, 0) is 62.7 Å². The summed E-state index contributed by atoms with van der Waals surface area (Å²) in [5, 5.41) is 10.5. The van der Waals surface area contributed by atoms with Gasteiger partial charge in [0.1, 0.15) is 0 Å². The van der Waals surface area contributed by atoms with Crippen molar-refractivity contribution in [3.63, 3.8) is 0 Å². The molecule has 0 aromatic rings. The van der Waals surface area contributed by atoms with E-state index in [4.69, 9.17) is 0 Å². The molecule has 0 heterocycles. The van der Waals surface area contributed by atoms with Crippen molar-refractivity contribution in [2.24, 2.45) is 23.7 Å². The SMILES string of the molecule is C=C1CC[C@@H](C(C)C)C[C@@H]2[C@H]1CC[C@]2(C)O. The molecule has 16 heavy (non-hydrogen) atoms. The molecule has 0 aliphatic heterocycles. The zero-order valence-electron chi connectivity index (χ0n) is 11.0. The summed E-state index contributed by atoms with van der Waals surface area (Å²) in [6, 6.07) is 0. The summed E-state index contributed by atoms with van der Waals surface area (Å²) in [5.74, 6) is 2.58. The normalized spacial score (nSPS) is 44.6. The highest BCUT2D eigenvalue weighted by Gasteiger charge is 2.46.